The minimum atomic E-state index is 1.03. The van der Waals surface area contributed by atoms with Crippen molar-refractivity contribution < 1.29 is 0 Å². The van der Waals surface area contributed by atoms with Gasteiger partial charge >= 0.3 is 0 Å². The number of hydrogen-bond donors (Lipinski definition) is 1. The molecule has 0 aromatic carbocycles. The van der Waals surface area contributed by atoms with Crippen LogP contribution in [0.15, 0.2) is 4.99 Å². The smallest absolute Gasteiger partial charge is 0.0963 e. The highest BCUT2D eigenvalue weighted by molar-refractivity contribution is 5.82. The van der Waals surface area contributed by atoms with E-state index in [0.29, 0.717) is 0 Å². The average Bonchev–Trinajstić information content (AvgIpc) is 2.62. The molecule has 0 heterocycles. The molecule has 25 heavy (non-hydrogen) atoms. The van der Waals surface area contributed by atoms with Crippen molar-refractivity contribution >= 4 is 5.84 Å². The molecule has 0 atom stereocenters. The van der Waals surface area contributed by atoms with E-state index in [1.807, 2.05) is 0 Å². The Bertz CT molecular complexity index is 273. The molecule has 2 heteroatoms. The van der Waals surface area contributed by atoms with Crippen molar-refractivity contribution in [2.75, 3.05) is 13.1 Å². The van der Waals surface area contributed by atoms with E-state index in [2.05, 4.69) is 26.1 Å². The molecule has 2 nitrogen and oxygen atoms in total. The topological polar surface area (TPSA) is 24.4 Å². The minimum Gasteiger partial charge on any atom is -0.374 e. The molecule has 150 valence electrons. The van der Waals surface area contributed by atoms with E-state index in [4.69, 9.17) is 4.99 Å². The van der Waals surface area contributed by atoms with E-state index in [9.17, 15) is 0 Å². The van der Waals surface area contributed by atoms with Crippen LogP contribution in [0.3, 0.4) is 0 Å². The SMILES string of the molecule is CCCCCCCCN=C(CCCCCCC)NCCCCCCC. The van der Waals surface area contributed by atoms with Crippen molar-refractivity contribution in [1.29, 1.82) is 0 Å². The van der Waals surface area contributed by atoms with Crippen molar-refractivity contribution in [1.82, 2.24) is 5.32 Å². The van der Waals surface area contributed by atoms with Crippen LogP contribution in [-0.2, 0) is 0 Å². The number of hydrogen-bond acceptors (Lipinski definition) is 1. The van der Waals surface area contributed by atoms with Gasteiger partial charge < -0.3 is 5.32 Å². The Morgan fingerprint density at radius 3 is 1.64 bits per heavy atom. The van der Waals surface area contributed by atoms with Crippen molar-refractivity contribution in [2.24, 2.45) is 4.99 Å². The molecule has 0 aromatic heterocycles. The van der Waals surface area contributed by atoms with Gasteiger partial charge in [0.05, 0.1) is 5.84 Å². The van der Waals surface area contributed by atoms with Gasteiger partial charge in [-0.2, -0.15) is 0 Å². The summed E-state index contributed by atoms with van der Waals surface area (Å²) in [6, 6.07) is 0. The van der Waals surface area contributed by atoms with E-state index >= 15 is 0 Å². The van der Waals surface area contributed by atoms with Crippen molar-refractivity contribution in [2.45, 2.75) is 130 Å². The van der Waals surface area contributed by atoms with E-state index in [1.165, 1.54) is 109 Å². The molecule has 0 spiro atoms. The van der Waals surface area contributed by atoms with E-state index in [-0.39, 0.29) is 0 Å². The maximum absolute atomic E-state index is 4.90. The number of nitrogens with one attached hydrogen (secondary N) is 1. The summed E-state index contributed by atoms with van der Waals surface area (Å²) in [5, 5.41) is 3.65. The van der Waals surface area contributed by atoms with Crippen molar-refractivity contribution in [3.8, 4) is 0 Å². The van der Waals surface area contributed by atoms with Crippen LogP contribution in [0.5, 0.6) is 0 Å². The van der Waals surface area contributed by atoms with Crippen LogP contribution < -0.4 is 5.32 Å². The summed E-state index contributed by atoms with van der Waals surface area (Å²) >= 11 is 0. The first kappa shape index (κ1) is 24.5. The second kappa shape index (κ2) is 21.5. The summed E-state index contributed by atoms with van der Waals surface area (Å²) in [6.07, 6.45) is 22.8. The van der Waals surface area contributed by atoms with Gasteiger partial charge in [0.2, 0.25) is 0 Å². The Morgan fingerprint density at radius 1 is 0.560 bits per heavy atom. The highest BCUT2D eigenvalue weighted by Crippen LogP contribution is 2.08. The Morgan fingerprint density at radius 2 is 1.04 bits per heavy atom. The van der Waals surface area contributed by atoms with Crippen LogP contribution in [0.1, 0.15) is 130 Å². The van der Waals surface area contributed by atoms with Gasteiger partial charge in [-0.1, -0.05) is 104 Å². The van der Waals surface area contributed by atoms with Crippen LogP contribution in [0.4, 0.5) is 0 Å². The van der Waals surface area contributed by atoms with E-state index in [1.54, 1.807) is 0 Å². The molecule has 0 aliphatic carbocycles. The lowest BCUT2D eigenvalue weighted by Gasteiger charge is -2.11. The maximum Gasteiger partial charge on any atom is 0.0963 e. The van der Waals surface area contributed by atoms with Gasteiger partial charge in [-0.3, -0.25) is 4.99 Å². The molecule has 0 fully saturated rings. The fraction of sp³-hybridized carbons (Fsp3) is 0.957. The zero-order valence-corrected chi connectivity index (χ0v) is 17.9. The van der Waals surface area contributed by atoms with Gasteiger partial charge in [-0.05, 0) is 19.3 Å². The van der Waals surface area contributed by atoms with Crippen molar-refractivity contribution in [3.63, 3.8) is 0 Å². The molecule has 0 aliphatic rings. The Balaban J connectivity index is 3.90. The van der Waals surface area contributed by atoms with Gasteiger partial charge in [0, 0.05) is 19.5 Å². The summed E-state index contributed by atoms with van der Waals surface area (Å²) in [7, 11) is 0. The third-order valence-corrected chi connectivity index (χ3v) is 4.94. The first-order chi connectivity index (χ1) is 12.3. The number of amidine groups is 1. The lowest BCUT2D eigenvalue weighted by molar-refractivity contribution is 0.605. The van der Waals surface area contributed by atoms with Gasteiger partial charge in [-0.15, -0.1) is 0 Å². The molecule has 0 saturated carbocycles. The third kappa shape index (κ3) is 19.6. The van der Waals surface area contributed by atoms with Crippen LogP contribution in [0, 0.1) is 0 Å². The molecule has 0 unspecified atom stereocenters. The monoisotopic (exact) mass is 352 g/mol. The molecule has 1 N–H and O–H groups in total. The maximum atomic E-state index is 4.90. The molecule has 0 bridgehead atoms. The molecule has 0 radical (unpaired) electrons. The van der Waals surface area contributed by atoms with Crippen LogP contribution in [-0.4, -0.2) is 18.9 Å². The average molecular weight is 353 g/mol. The van der Waals surface area contributed by atoms with Crippen molar-refractivity contribution in [3.05, 3.63) is 0 Å². The summed E-state index contributed by atoms with van der Waals surface area (Å²) in [5.41, 5.74) is 0. The van der Waals surface area contributed by atoms with Gasteiger partial charge in [-0.25, -0.2) is 0 Å². The minimum absolute atomic E-state index is 1.03. The molecule has 0 amide bonds. The summed E-state index contributed by atoms with van der Waals surface area (Å²) in [4.78, 5) is 4.90. The lowest BCUT2D eigenvalue weighted by atomic mass is 10.1. The molecule has 0 rings (SSSR count). The van der Waals surface area contributed by atoms with E-state index < -0.39 is 0 Å². The van der Waals surface area contributed by atoms with Crippen LogP contribution in [0.2, 0.25) is 0 Å². The quantitative estimate of drug-likeness (QED) is 0.144. The lowest BCUT2D eigenvalue weighted by Crippen LogP contribution is -2.25. The summed E-state index contributed by atoms with van der Waals surface area (Å²) < 4.78 is 0. The molecule has 0 aromatic rings. The molecular weight excluding hydrogens is 304 g/mol. The second-order valence-electron chi connectivity index (χ2n) is 7.60. The standard InChI is InChI=1S/C23H48N2/c1-4-7-10-13-16-19-22-25-23(20-17-14-11-8-5-2)24-21-18-15-12-9-6-3/h4-22H2,1-3H3,(H,24,25). The highest BCUT2D eigenvalue weighted by atomic mass is 15.0. The predicted octanol–water partition coefficient (Wildman–Crippen LogP) is 7.67. The Hall–Kier alpha value is -0.530. The Kier molecular flexibility index (Phi) is 21.1. The largest absolute Gasteiger partial charge is 0.374 e. The molecule has 0 aliphatic heterocycles. The number of rotatable bonds is 19. The number of unbranched alkanes of at least 4 members (excludes halogenated alkanes) is 13. The van der Waals surface area contributed by atoms with Gasteiger partial charge in [0.25, 0.3) is 0 Å². The molecular formula is C23H48N2. The van der Waals surface area contributed by atoms with Gasteiger partial charge in [0.15, 0.2) is 0 Å². The predicted molar refractivity (Wildman–Crippen MR) is 116 cm³/mol. The Labute approximate surface area is 159 Å². The van der Waals surface area contributed by atoms with E-state index in [0.717, 1.165) is 19.5 Å². The highest BCUT2D eigenvalue weighted by Gasteiger charge is 2.00. The van der Waals surface area contributed by atoms with Crippen LogP contribution in [0.25, 0.3) is 0 Å². The van der Waals surface area contributed by atoms with Gasteiger partial charge in [0.1, 0.15) is 0 Å². The first-order valence-electron chi connectivity index (χ1n) is 11.6. The number of nitrogens with zero attached hydrogens (tertiary/aromatic N) is 1. The number of aliphatic imine (C=N–C) groups is 1. The first-order valence-corrected chi connectivity index (χ1v) is 11.6. The van der Waals surface area contributed by atoms with Crippen LogP contribution >= 0.6 is 0 Å². The fourth-order valence-corrected chi connectivity index (χ4v) is 3.19. The fourth-order valence-electron chi connectivity index (χ4n) is 3.19. The third-order valence-electron chi connectivity index (χ3n) is 4.94. The second-order valence-corrected chi connectivity index (χ2v) is 7.60. The zero-order valence-electron chi connectivity index (χ0n) is 17.9. The summed E-state index contributed by atoms with van der Waals surface area (Å²) in [5.74, 6) is 1.29. The molecule has 0 saturated heterocycles. The normalized spacial score (nSPS) is 11.9. The zero-order chi connectivity index (χ0) is 18.4. The summed E-state index contributed by atoms with van der Waals surface area (Å²) in [6.45, 7) is 9.00.